The first kappa shape index (κ1) is 32.0. The molecule has 204 valence electrons. The molecule has 0 saturated carbocycles. The van der Waals surface area contributed by atoms with E-state index in [1.807, 2.05) is 0 Å². The maximum atomic E-state index is 12.8. The molecule has 0 aliphatic rings. The van der Waals surface area contributed by atoms with Gasteiger partial charge in [-0.15, -0.1) is 0 Å². The maximum absolute atomic E-state index is 12.8. The number of amides is 3. The lowest BCUT2D eigenvalue weighted by molar-refractivity contribution is -0.147. The molecule has 0 aliphatic heterocycles. The SMILES string of the molecule is CCC(C)C(NC(=O)C(CC(=O)O)NC(=O)C(N)CCCN=C(N)N)C(=O)NC(CC(=O)O)C(=O)O. The van der Waals surface area contributed by atoms with Crippen molar-refractivity contribution in [2.75, 3.05) is 6.54 Å². The van der Waals surface area contributed by atoms with Gasteiger partial charge in [0.05, 0.1) is 18.9 Å². The molecule has 0 spiro atoms. The number of nitrogens with two attached hydrogens (primary N) is 3. The third-order valence-corrected chi connectivity index (χ3v) is 5.10. The Morgan fingerprint density at radius 2 is 1.36 bits per heavy atom. The first-order chi connectivity index (χ1) is 16.7. The predicted molar refractivity (Wildman–Crippen MR) is 125 cm³/mol. The Hall–Kier alpha value is -3.95. The van der Waals surface area contributed by atoms with E-state index in [-0.39, 0.29) is 18.9 Å². The van der Waals surface area contributed by atoms with Gasteiger partial charge in [0.1, 0.15) is 18.1 Å². The molecule has 0 rings (SSSR count). The van der Waals surface area contributed by atoms with Crippen LogP contribution in [-0.4, -0.2) is 87.6 Å². The second-order valence-corrected chi connectivity index (χ2v) is 8.08. The molecular weight excluding hydrogens is 482 g/mol. The number of carboxylic acids is 3. The lowest BCUT2D eigenvalue weighted by Gasteiger charge is -2.27. The molecule has 16 heteroatoms. The maximum Gasteiger partial charge on any atom is 0.326 e. The van der Waals surface area contributed by atoms with E-state index >= 15 is 0 Å². The third kappa shape index (κ3) is 12.5. The summed E-state index contributed by atoms with van der Waals surface area (Å²) in [5.41, 5.74) is 16.2. The van der Waals surface area contributed by atoms with Crippen molar-refractivity contribution in [2.45, 2.75) is 70.1 Å². The van der Waals surface area contributed by atoms with Gasteiger partial charge < -0.3 is 48.5 Å². The molecular formula is C20H35N7O9. The van der Waals surface area contributed by atoms with Gasteiger partial charge in [-0.3, -0.25) is 29.0 Å². The minimum absolute atomic E-state index is 0.127. The Bertz CT molecular complexity index is 845. The molecule has 3 amide bonds. The van der Waals surface area contributed by atoms with E-state index in [0.29, 0.717) is 12.8 Å². The molecule has 16 nitrogen and oxygen atoms in total. The highest BCUT2D eigenvalue weighted by atomic mass is 16.4. The molecule has 0 aromatic carbocycles. The number of aliphatic imine (C=N–C) groups is 1. The quantitative estimate of drug-likeness (QED) is 0.0526. The topological polar surface area (TPSA) is 290 Å². The number of nitrogens with zero attached hydrogens (tertiary/aromatic N) is 1. The number of carbonyl (C=O) groups excluding carboxylic acids is 3. The molecule has 5 unspecified atom stereocenters. The van der Waals surface area contributed by atoms with Crippen LogP contribution in [0.2, 0.25) is 0 Å². The standard InChI is InChI=1S/C20H35N7O9/c1-3-9(2)15(18(34)26-12(19(35)36)8-14(30)31)27-17(33)11(7-13(28)29)25-16(32)10(21)5-4-6-24-20(22)23/h9-12,15H,3-8,21H2,1-2H3,(H,25,32)(H,26,34)(H,27,33)(H,28,29)(H,30,31)(H,35,36)(H4,22,23,24). The zero-order valence-electron chi connectivity index (χ0n) is 20.1. The lowest BCUT2D eigenvalue weighted by atomic mass is 9.97. The zero-order chi connectivity index (χ0) is 28.0. The van der Waals surface area contributed by atoms with Gasteiger partial charge in [0.25, 0.3) is 0 Å². The van der Waals surface area contributed by atoms with Crippen molar-refractivity contribution < 1.29 is 44.1 Å². The van der Waals surface area contributed by atoms with Crippen LogP contribution in [0.3, 0.4) is 0 Å². The molecule has 0 radical (unpaired) electrons. The van der Waals surface area contributed by atoms with Crippen LogP contribution in [0, 0.1) is 5.92 Å². The van der Waals surface area contributed by atoms with Crippen LogP contribution in [0.4, 0.5) is 0 Å². The van der Waals surface area contributed by atoms with Crippen LogP contribution in [0.15, 0.2) is 4.99 Å². The van der Waals surface area contributed by atoms with Crippen LogP contribution >= 0.6 is 0 Å². The van der Waals surface area contributed by atoms with Gasteiger partial charge >= 0.3 is 17.9 Å². The molecule has 36 heavy (non-hydrogen) atoms. The first-order valence-electron chi connectivity index (χ1n) is 11.1. The number of nitrogens with one attached hydrogen (secondary N) is 3. The lowest BCUT2D eigenvalue weighted by Crippen LogP contribution is -2.59. The van der Waals surface area contributed by atoms with E-state index in [0.717, 1.165) is 0 Å². The first-order valence-corrected chi connectivity index (χ1v) is 11.1. The summed E-state index contributed by atoms with van der Waals surface area (Å²) in [5.74, 6) is -8.01. The summed E-state index contributed by atoms with van der Waals surface area (Å²) >= 11 is 0. The Morgan fingerprint density at radius 1 is 0.833 bits per heavy atom. The van der Waals surface area contributed by atoms with Gasteiger partial charge in [-0.25, -0.2) is 4.79 Å². The van der Waals surface area contributed by atoms with Gasteiger partial charge in [0.15, 0.2) is 5.96 Å². The fourth-order valence-corrected chi connectivity index (χ4v) is 2.91. The van der Waals surface area contributed by atoms with E-state index in [1.54, 1.807) is 13.8 Å². The normalized spacial score (nSPS) is 14.8. The highest BCUT2D eigenvalue weighted by Gasteiger charge is 2.34. The second-order valence-electron chi connectivity index (χ2n) is 8.08. The molecule has 0 fully saturated rings. The zero-order valence-corrected chi connectivity index (χ0v) is 20.1. The molecule has 0 bridgehead atoms. The molecule has 0 saturated heterocycles. The van der Waals surface area contributed by atoms with Gasteiger partial charge in [0.2, 0.25) is 17.7 Å². The van der Waals surface area contributed by atoms with Gasteiger partial charge in [-0.2, -0.15) is 0 Å². The number of carboxylic acid groups (broad SMARTS) is 3. The summed E-state index contributed by atoms with van der Waals surface area (Å²) in [6, 6.07) is -5.82. The fourth-order valence-electron chi connectivity index (χ4n) is 2.91. The minimum atomic E-state index is -1.76. The van der Waals surface area contributed by atoms with E-state index in [1.165, 1.54) is 0 Å². The Labute approximate surface area is 207 Å². The van der Waals surface area contributed by atoms with Crippen LogP contribution in [0.5, 0.6) is 0 Å². The second kappa shape index (κ2) is 15.9. The van der Waals surface area contributed by atoms with Crippen molar-refractivity contribution in [3.63, 3.8) is 0 Å². The van der Waals surface area contributed by atoms with Crippen molar-refractivity contribution in [1.29, 1.82) is 0 Å². The monoisotopic (exact) mass is 517 g/mol. The number of hydrogen-bond donors (Lipinski definition) is 9. The molecule has 0 heterocycles. The van der Waals surface area contributed by atoms with Crippen molar-refractivity contribution in [1.82, 2.24) is 16.0 Å². The van der Waals surface area contributed by atoms with E-state index in [4.69, 9.17) is 27.4 Å². The molecule has 0 aromatic heterocycles. The summed E-state index contributed by atoms with van der Waals surface area (Å²) in [5, 5.41) is 33.8. The van der Waals surface area contributed by atoms with Crippen molar-refractivity contribution in [3.8, 4) is 0 Å². The Morgan fingerprint density at radius 3 is 1.83 bits per heavy atom. The Kier molecular flexibility index (Phi) is 14.1. The van der Waals surface area contributed by atoms with E-state index in [2.05, 4.69) is 20.9 Å². The fraction of sp³-hybridized carbons (Fsp3) is 0.650. The summed E-state index contributed by atoms with van der Waals surface area (Å²) in [4.78, 5) is 75.1. The summed E-state index contributed by atoms with van der Waals surface area (Å²) in [6.07, 6.45) is -0.932. The largest absolute Gasteiger partial charge is 0.481 e. The number of hydrogen-bond acceptors (Lipinski definition) is 8. The average molecular weight is 518 g/mol. The number of carbonyl (C=O) groups is 6. The highest BCUT2D eigenvalue weighted by Crippen LogP contribution is 2.10. The van der Waals surface area contributed by atoms with Crippen LogP contribution < -0.4 is 33.2 Å². The molecule has 0 aliphatic carbocycles. The van der Waals surface area contributed by atoms with Crippen molar-refractivity contribution >= 4 is 41.6 Å². The predicted octanol–water partition coefficient (Wildman–Crippen LogP) is -3.10. The highest BCUT2D eigenvalue weighted by molar-refractivity contribution is 5.96. The Balaban J connectivity index is 5.49. The van der Waals surface area contributed by atoms with Gasteiger partial charge in [-0.05, 0) is 18.8 Å². The minimum Gasteiger partial charge on any atom is -0.481 e. The van der Waals surface area contributed by atoms with Gasteiger partial charge in [0, 0.05) is 6.54 Å². The number of guanidine groups is 1. The summed E-state index contributed by atoms with van der Waals surface area (Å²) in [6.45, 7) is 3.45. The van der Waals surface area contributed by atoms with Crippen molar-refractivity contribution in [2.24, 2.45) is 28.1 Å². The van der Waals surface area contributed by atoms with Crippen LogP contribution in [0.1, 0.15) is 46.0 Å². The van der Waals surface area contributed by atoms with Gasteiger partial charge in [-0.1, -0.05) is 20.3 Å². The number of rotatable bonds is 17. The molecule has 12 N–H and O–H groups in total. The van der Waals surface area contributed by atoms with E-state index in [9.17, 15) is 33.9 Å². The van der Waals surface area contributed by atoms with Crippen LogP contribution in [-0.2, 0) is 28.8 Å². The third-order valence-electron chi connectivity index (χ3n) is 5.10. The summed E-state index contributed by atoms with van der Waals surface area (Å²) in [7, 11) is 0. The number of aliphatic carboxylic acids is 3. The van der Waals surface area contributed by atoms with Crippen molar-refractivity contribution in [3.05, 3.63) is 0 Å². The van der Waals surface area contributed by atoms with E-state index < -0.39 is 78.6 Å². The average Bonchev–Trinajstić information content (AvgIpc) is 2.77. The molecule has 5 atom stereocenters. The van der Waals surface area contributed by atoms with Crippen LogP contribution in [0.25, 0.3) is 0 Å². The smallest absolute Gasteiger partial charge is 0.326 e. The molecule has 0 aromatic rings. The summed E-state index contributed by atoms with van der Waals surface area (Å²) < 4.78 is 0.